The number of hydrogen-bond donors (Lipinski definition) is 2. The van der Waals surface area contributed by atoms with Gasteiger partial charge in [0.05, 0.1) is 5.56 Å². The van der Waals surface area contributed by atoms with Gasteiger partial charge in [-0.05, 0) is 18.6 Å². The summed E-state index contributed by atoms with van der Waals surface area (Å²) in [4.78, 5) is 13.0. The summed E-state index contributed by atoms with van der Waals surface area (Å²) in [5.74, 6) is -2.99. The molecule has 0 radical (unpaired) electrons. The van der Waals surface area contributed by atoms with Crippen molar-refractivity contribution in [1.29, 1.82) is 0 Å². The molecule has 23 heavy (non-hydrogen) atoms. The van der Waals surface area contributed by atoms with Crippen molar-refractivity contribution in [3.8, 4) is 0 Å². The van der Waals surface area contributed by atoms with Crippen LogP contribution in [-0.4, -0.2) is 41.9 Å². The molecule has 9 heteroatoms. The molecule has 1 aromatic rings. The van der Waals surface area contributed by atoms with Crippen LogP contribution in [-0.2, 0) is 0 Å². The van der Waals surface area contributed by atoms with Crippen LogP contribution in [0.5, 0.6) is 0 Å². The number of aliphatic hydroxyl groups is 1. The van der Waals surface area contributed by atoms with Crippen LogP contribution < -0.4 is 5.32 Å². The van der Waals surface area contributed by atoms with Crippen molar-refractivity contribution < 1.29 is 31.9 Å². The summed E-state index contributed by atoms with van der Waals surface area (Å²) in [5.41, 5.74) is -1.24. The van der Waals surface area contributed by atoms with Gasteiger partial charge in [0.2, 0.25) is 0 Å². The smallest absolute Gasteiger partial charge is 0.396 e. The van der Waals surface area contributed by atoms with Crippen molar-refractivity contribution in [2.24, 2.45) is 5.92 Å². The summed E-state index contributed by atoms with van der Waals surface area (Å²) in [5, 5.41) is 10.6. The maximum absolute atomic E-state index is 13.6. The topological polar surface area (TPSA) is 52.6 Å². The Morgan fingerprint density at radius 1 is 1.35 bits per heavy atom. The Morgan fingerprint density at radius 3 is 2.43 bits per heavy atom. The van der Waals surface area contributed by atoms with E-state index >= 15 is 0 Å². The summed E-state index contributed by atoms with van der Waals surface area (Å²) >= 11 is 0. The van der Waals surface area contributed by atoms with Gasteiger partial charge in [0.25, 0.3) is 0 Å². The highest BCUT2D eigenvalue weighted by Crippen LogP contribution is 2.35. The Hall–Kier alpha value is -1.90. The normalized spacial score (nSPS) is 19.7. The van der Waals surface area contributed by atoms with E-state index in [1.54, 1.807) is 5.32 Å². The number of nitrogens with one attached hydrogen (secondary N) is 1. The lowest BCUT2D eigenvalue weighted by atomic mass is 10.1. The van der Waals surface area contributed by atoms with Crippen LogP contribution in [0.1, 0.15) is 18.0 Å². The van der Waals surface area contributed by atoms with E-state index in [-0.39, 0.29) is 25.6 Å². The van der Waals surface area contributed by atoms with Crippen LogP contribution in [0.2, 0.25) is 0 Å². The van der Waals surface area contributed by atoms with Crippen LogP contribution in [0.3, 0.4) is 0 Å². The predicted octanol–water partition coefficient (Wildman–Crippen LogP) is 2.59. The van der Waals surface area contributed by atoms with E-state index in [0.29, 0.717) is 18.6 Å². The summed E-state index contributed by atoms with van der Waals surface area (Å²) in [6, 6.07) is -1.53. The van der Waals surface area contributed by atoms with Gasteiger partial charge in [0.1, 0.15) is 11.6 Å². The Bertz CT molecular complexity index is 559. The van der Waals surface area contributed by atoms with Crippen molar-refractivity contribution in [3.05, 3.63) is 35.4 Å². The van der Waals surface area contributed by atoms with E-state index in [1.165, 1.54) is 0 Å². The van der Waals surface area contributed by atoms with Gasteiger partial charge in [-0.25, -0.2) is 13.6 Å². The molecule has 128 valence electrons. The lowest BCUT2D eigenvalue weighted by molar-refractivity contribution is -0.156. The summed E-state index contributed by atoms with van der Waals surface area (Å²) in [7, 11) is 0. The van der Waals surface area contributed by atoms with Gasteiger partial charge in [-0.2, -0.15) is 13.2 Å². The fourth-order valence-corrected chi connectivity index (χ4v) is 2.49. The molecule has 1 aliphatic rings. The maximum atomic E-state index is 13.6. The van der Waals surface area contributed by atoms with E-state index in [0.717, 1.165) is 11.0 Å². The third-order valence-electron chi connectivity index (χ3n) is 3.71. The molecular weight excluding hydrogens is 323 g/mol. The molecule has 1 saturated heterocycles. The van der Waals surface area contributed by atoms with Crippen molar-refractivity contribution in [1.82, 2.24) is 10.2 Å². The number of hydrogen-bond acceptors (Lipinski definition) is 2. The molecule has 0 aromatic heterocycles. The molecule has 0 spiro atoms. The van der Waals surface area contributed by atoms with Crippen molar-refractivity contribution in [3.63, 3.8) is 0 Å². The van der Waals surface area contributed by atoms with Crippen LogP contribution in [0.15, 0.2) is 18.2 Å². The van der Waals surface area contributed by atoms with E-state index in [1.807, 2.05) is 0 Å². The maximum Gasteiger partial charge on any atom is 0.413 e. The molecule has 1 fully saturated rings. The van der Waals surface area contributed by atoms with Gasteiger partial charge in [0.15, 0.2) is 6.04 Å². The molecule has 1 aromatic carbocycles. The lowest BCUT2D eigenvalue weighted by Gasteiger charge is -2.26. The van der Waals surface area contributed by atoms with Gasteiger partial charge < -0.3 is 15.3 Å². The van der Waals surface area contributed by atoms with Gasteiger partial charge in [-0.1, -0.05) is 6.07 Å². The number of benzene rings is 1. The number of likely N-dealkylation sites (tertiary alicyclic amines) is 1. The Balaban J connectivity index is 2.22. The zero-order valence-electron chi connectivity index (χ0n) is 11.9. The monoisotopic (exact) mass is 338 g/mol. The predicted molar refractivity (Wildman–Crippen MR) is 70.5 cm³/mol. The van der Waals surface area contributed by atoms with Gasteiger partial charge in [-0.15, -0.1) is 0 Å². The average Bonchev–Trinajstić information content (AvgIpc) is 2.93. The highest BCUT2D eigenvalue weighted by Gasteiger charge is 2.45. The Kier molecular flexibility index (Phi) is 5.08. The summed E-state index contributed by atoms with van der Waals surface area (Å²) in [6.45, 7) is 0.0719. The molecule has 0 unspecified atom stereocenters. The number of carbonyl (C=O) groups is 1. The molecule has 0 aliphatic carbocycles. The third-order valence-corrected chi connectivity index (χ3v) is 3.71. The first-order valence-corrected chi connectivity index (χ1v) is 6.91. The average molecular weight is 338 g/mol. The second-order valence-electron chi connectivity index (χ2n) is 5.34. The number of alkyl halides is 3. The number of urea groups is 1. The Labute approximate surface area is 128 Å². The minimum Gasteiger partial charge on any atom is -0.396 e. The second kappa shape index (κ2) is 6.69. The lowest BCUT2D eigenvalue weighted by Crippen LogP contribution is -2.45. The molecule has 2 rings (SSSR count). The van der Waals surface area contributed by atoms with Gasteiger partial charge in [0, 0.05) is 25.6 Å². The minimum atomic E-state index is -5.06. The molecule has 2 atom stereocenters. The van der Waals surface area contributed by atoms with Crippen LogP contribution in [0.4, 0.5) is 26.7 Å². The fourth-order valence-electron chi connectivity index (χ4n) is 2.49. The molecule has 2 N–H and O–H groups in total. The zero-order valence-corrected chi connectivity index (χ0v) is 11.9. The van der Waals surface area contributed by atoms with E-state index in [9.17, 15) is 26.7 Å². The summed E-state index contributed by atoms with van der Waals surface area (Å²) in [6.07, 6.45) is -4.61. The van der Waals surface area contributed by atoms with E-state index < -0.39 is 35.4 Å². The molecule has 4 nitrogen and oxygen atoms in total. The standard InChI is InChI=1S/C14H15F5N2O2/c15-9-2-1-3-10(16)11(9)12(14(17,18)19)20-13(23)21-5-4-8(6-21)7-22/h1-3,8,12,22H,4-7H2,(H,20,23)/t8-,12-/m1/s1. The summed E-state index contributed by atoms with van der Waals surface area (Å²) < 4.78 is 66.7. The third kappa shape index (κ3) is 3.90. The number of carbonyl (C=O) groups excluding carboxylic acids is 1. The Morgan fingerprint density at radius 2 is 1.96 bits per heavy atom. The SMILES string of the molecule is O=C(N[C@H](c1c(F)cccc1F)C(F)(F)F)N1CC[C@@H](CO)C1. The number of amides is 2. The minimum absolute atomic E-state index is 0.0899. The first-order valence-electron chi connectivity index (χ1n) is 6.91. The van der Waals surface area contributed by atoms with E-state index in [4.69, 9.17) is 5.11 Å². The molecular formula is C14H15F5N2O2. The van der Waals surface area contributed by atoms with Crippen LogP contribution in [0.25, 0.3) is 0 Å². The largest absolute Gasteiger partial charge is 0.413 e. The number of nitrogens with zero attached hydrogens (tertiary/aromatic N) is 1. The molecule has 1 heterocycles. The zero-order chi connectivity index (χ0) is 17.2. The van der Waals surface area contributed by atoms with E-state index in [2.05, 4.69) is 0 Å². The highest BCUT2D eigenvalue weighted by molar-refractivity contribution is 5.75. The molecule has 2 amide bonds. The fraction of sp³-hybridized carbons (Fsp3) is 0.500. The van der Waals surface area contributed by atoms with Gasteiger partial charge >= 0.3 is 12.2 Å². The number of aliphatic hydroxyl groups excluding tert-OH is 1. The second-order valence-corrected chi connectivity index (χ2v) is 5.34. The quantitative estimate of drug-likeness (QED) is 0.833. The molecule has 1 aliphatic heterocycles. The van der Waals surface area contributed by atoms with Crippen LogP contribution in [0, 0.1) is 17.6 Å². The van der Waals surface area contributed by atoms with Gasteiger partial charge in [-0.3, -0.25) is 0 Å². The first-order chi connectivity index (χ1) is 10.7. The number of halogens is 5. The van der Waals surface area contributed by atoms with Crippen molar-refractivity contribution >= 4 is 6.03 Å². The first kappa shape index (κ1) is 17.5. The van der Waals surface area contributed by atoms with Crippen molar-refractivity contribution in [2.75, 3.05) is 19.7 Å². The van der Waals surface area contributed by atoms with Crippen molar-refractivity contribution in [2.45, 2.75) is 18.6 Å². The molecule has 0 bridgehead atoms. The molecule has 0 saturated carbocycles. The number of rotatable bonds is 3. The van der Waals surface area contributed by atoms with Crippen LogP contribution >= 0.6 is 0 Å². The highest BCUT2D eigenvalue weighted by atomic mass is 19.4.